The normalized spacial score (nSPS) is 9.64. The van der Waals surface area contributed by atoms with Gasteiger partial charge in [0.05, 0.1) is 11.9 Å². The summed E-state index contributed by atoms with van der Waals surface area (Å²) < 4.78 is 0.591. The molecule has 0 amide bonds. The molecule has 1 rings (SSSR count). The van der Waals surface area contributed by atoms with E-state index in [1.807, 2.05) is 0 Å². The van der Waals surface area contributed by atoms with Gasteiger partial charge in [-0.25, -0.2) is 9.97 Å². The highest BCUT2D eigenvalue weighted by atomic mass is 79.9. The largest absolute Gasteiger partial charge is 0.382 e. The van der Waals surface area contributed by atoms with E-state index in [0.29, 0.717) is 21.8 Å². The van der Waals surface area contributed by atoms with Crippen LogP contribution in [0.5, 0.6) is 0 Å². The zero-order valence-electron chi connectivity index (χ0n) is 5.93. The molecule has 3 N–H and O–H groups in total. The molecule has 58 valence electrons. The lowest BCUT2D eigenvalue weighted by Gasteiger charge is -2.00. The van der Waals surface area contributed by atoms with Gasteiger partial charge >= 0.3 is 0 Å². The molecule has 0 saturated carbocycles. The monoisotopic (exact) mass is 214 g/mol. The predicted molar refractivity (Wildman–Crippen MR) is 46.6 cm³/mol. The number of halogens is 1. The molecule has 0 aliphatic rings. The first kappa shape index (κ1) is 8.13. The van der Waals surface area contributed by atoms with Crippen molar-refractivity contribution in [2.45, 2.75) is 6.92 Å². The van der Waals surface area contributed by atoms with E-state index in [0.717, 1.165) is 0 Å². The number of aromatic nitrogens is 2. The molecule has 0 aliphatic heterocycles. The van der Waals surface area contributed by atoms with Crippen molar-refractivity contribution in [3.05, 3.63) is 16.5 Å². The predicted octanol–water partition coefficient (Wildman–Crippen LogP) is 1.21. The van der Waals surface area contributed by atoms with Crippen LogP contribution in [-0.2, 0) is 0 Å². The van der Waals surface area contributed by atoms with Gasteiger partial charge in [0.1, 0.15) is 10.3 Å². The summed E-state index contributed by atoms with van der Waals surface area (Å²) in [5, 5.41) is 7.27. The molecule has 0 fully saturated rings. The minimum atomic E-state index is 0.292. The highest BCUT2D eigenvalue weighted by Gasteiger charge is 2.04. The summed E-state index contributed by atoms with van der Waals surface area (Å²) in [4.78, 5) is 7.80. The van der Waals surface area contributed by atoms with E-state index in [1.165, 1.54) is 6.20 Å². The summed E-state index contributed by atoms with van der Waals surface area (Å²) >= 11 is 3.14. The second kappa shape index (κ2) is 2.96. The van der Waals surface area contributed by atoms with Gasteiger partial charge in [-0.15, -0.1) is 0 Å². The minimum Gasteiger partial charge on any atom is -0.382 e. The smallest absolute Gasteiger partial charge is 0.151 e. The summed E-state index contributed by atoms with van der Waals surface area (Å²) in [7, 11) is 0. The number of anilines is 1. The molecule has 0 atom stereocenters. The molecule has 1 aromatic rings. The van der Waals surface area contributed by atoms with Crippen molar-refractivity contribution >= 4 is 27.5 Å². The Labute approximate surface area is 72.5 Å². The van der Waals surface area contributed by atoms with Crippen molar-refractivity contribution < 1.29 is 0 Å². The first-order chi connectivity index (χ1) is 5.11. The number of nitrogens with zero attached hydrogens (tertiary/aromatic N) is 2. The molecular weight excluding hydrogens is 208 g/mol. The van der Waals surface area contributed by atoms with Gasteiger partial charge in [-0.05, 0) is 22.9 Å². The van der Waals surface area contributed by atoms with Crippen molar-refractivity contribution in [3.8, 4) is 0 Å². The second-order valence-corrected chi connectivity index (χ2v) is 2.86. The fraction of sp³-hybridized carbons (Fsp3) is 0.167. The number of hydrogen-bond acceptors (Lipinski definition) is 4. The van der Waals surface area contributed by atoms with Gasteiger partial charge in [-0.3, -0.25) is 0 Å². The lowest BCUT2D eigenvalue weighted by Crippen LogP contribution is -2.05. The first-order valence-corrected chi connectivity index (χ1v) is 3.74. The zero-order chi connectivity index (χ0) is 8.43. The summed E-state index contributed by atoms with van der Waals surface area (Å²) in [5.41, 5.74) is 6.20. The summed E-state index contributed by atoms with van der Waals surface area (Å²) in [6.45, 7) is 1.62. The van der Waals surface area contributed by atoms with Gasteiger partial charge in [-0.2, -0.15) is 0 Å². The van der Waals surface area contributed by atoms with E-state index in [2.05, 4.69) is 25.9 Å². The highest BCUT2D eigenvalue weighted by molar-refractivity contribution is 9.10. The second-order valence-electron chi connectivity index (χ2n) is 2.05. The Hall–Kier alpha value is -0.970. The Kier molecular flexibility index (Phi) is 2.19. The highest BCUT2D eigenvalue weighted by Crippen LogP contribution is 2.10. The third-order valence-electron chi connectivity index (χ3n) is 1.13. The van der Waals surface area contributed by atoms with Gasteiger partial charge in [0.2, 0.25) is 0 Å². The molecule has 1 aromatic heterocycles. The molecule has 0 bridgehead atoms. The maximum absolute atomic E-state index is 7.27. The van der Waals surface area contributed by atoms with Crippen LogP contribution < -0.4 is 5.73 Å². The Bertz CT molecular complexity index is 297. The van der Waals surface area contributed by atoms with Crippen LogP contribution in [-0.4, -0.2) is 15.7 Å². The van der Waals surface area contributed by atoms with Crippen LogP contribution in [0.2, 0.25) is 0 Å². The van der Waals surface area contributed by atoms with Crippen molar-refractivity contribution in [3.63, 3.8) is 0 Å². The van der Waals surface area contributed by atoms with E-state index in [1.54, 1.807) is 6.92 Å². The third-order valence-corrected chi connectivity index (χ3v) is 1.51. The van der Waals surface area contributed by atoms with Crippen LogP contribution in [0.3, 0.4) is 0 Å². The van der Waals surface area contributed by atoms with Crippen molar-refractivity contribution in [2.75, 3.05) is 5.73 Å². The Morgan fingerprint density at radius 2 is 2.36 bits per heavy atom. The molecule has 11 heavy (non-hydrogen) atoms. The molecule has 0 aromatic carbocycles. The van der Waals surface area contributed by atoms with Crippen molar-refractivity contribution in [1.29, 1.82) is 5.41 Å². The Morgan fingerprint density at radius 1 is 1.73 bits per heavy atom. The van der Waals surface area contributed by atoms with Crippen LogP contribution in [0, 0.1) is 5.41 Å². The van der Waals surface area contributed by atoms with Gasteiger partial charge in [0.25, 0.3) is 0 Å². The molecule has 5 heteroatoms. The number of rotatable bonds is 1. The van der Waals surface area contributed by atoms with E-state index in [-0.39, 0.29) is 0 Å². The quantitative estimate of drug-likeness (QED) is 0.691. The standard InChI is InChI=1S/C6H7BrN4/c1-3(8)5-6(9)10-2-4(7)11-5/h2,8H,1H3,(H2,9,10). The SMILES string of the molecule is CC(=N)c1nc(Br)cnc1N. The molecule has 0 spiro atoms. The molecule has 4 nitrogen and oxygen atoms in total. The van der Waals surface area contributed by atoms with Crippen LogP contribution >= 0.6 is 15.9 Å². The van der Waals surface area contributed by atoms with E-state index >= 15 is 0 Å². The third kappa shape index (κ3) is 1.74. The van der Waals surface area contributed by atoms with Gasteiger partial charge in [0, 0.05) is 0 Å². The molecule has 0 radical (unpaired) electrons. The fourth-order valence-corrected chi connectivity index (χ4v) is 0.933. The van der Waals surface area contributed by atoms with Crippen LogP contribution in [0.1, 0.15) is 12.6 Å². The average molecular weight is 215 g/mol. The van der Waals surface area contributed by atoms with Crippen molar-refractivity contribution in [1.82, 2.24) is 9.97 Å². The molecule has 1 heterocycles. The average Bonchev–Trinajstić information content (AvgIpc) is 1.94. The lowest BCUT2D eigenvalue weighted by molar-refractivity contribution is 1.14. The van der Waals surface area contributed by atoms with Crippen LogP contribution in [0.25, 0.3) is 0 Å². The van der Waals surface area contributed by atoms with Gasteiger partial charge in [-0.1, -0.05) is 0 Å². The minimum absolute atomic E-state index is 0.292. The fourth-order valence-electron chi connectivity index (χ4n) is 0.653. The maximum atomic E-state index is 7.27. The number of nitrogens with one attached hydrogen (secondary N) is 1. The lowest BCUT2D eigenvalue weighted by atomic mass is 10.3. The molecule has 0 saturated heterocycles. The summed E-state index contributed by atoms with van der Waals surface area (Å²) in [6, 6.07) is 0. The topological polar surface area (TPSA) is 75.7 Å². The molecular formula is C6H7BrN4. The number of nitrogen functional groups attached to an aromatic ring is 1. The van der Waals surface area contributed by atoms with Gasteiger partial charge < -0.3 is 11.1 Å². The summed E-state index contributed by atoms with van der Waals surface area (Å²) in [6.07, 6.45) is 1.50. The Morgan fingerprint density at radius 3 is 2.82 bits per heavy atom. The van der Waals surface area contributed by atoms with Crippen molar-refractivity contribution in [2.24, 2.45) is 0 Å². The summed E-state index contributed by atoms with van der Waals surface area (Å²) in [5.74, 6) is 0.292. The molecule has 0 unspecified atom stereocenters. The van der Waals surface area contributed by atoms with E-state index < -0.39 is 0 Å². The Balaban J connectivity index is 3.23. The van der Waals surface area contributed by atoms with Crippen LogP contribution in [0.15, 0.2) is 10.8 Å². The zero-order valence-corrected chi connectivity index (χ0v) is 7.51. The number of hydrogen-bond donors (Lipinski definition) is 2. The van der Waals surface area contributed by atoms with E-state index in [9.17, 15) is 0 Å². The van der Waals surface area contributed by atoms with Crippen LogP contribution in [0.4, 0.5) is 5.82 Å². The molecule has 0 aliphatic carbocycles. The van der Waals surface area contributed by atoms with Gasteiger partial charge in [0.15, 0.2) is 5.82 Å². The number of nitrogens with two attached hydrogens (primary N) is 1. The van der Waals surface area contributed by atoms with E-state index in [4.69, 9.17) is 11.1 Å². The maximum Gasteiger partial charge on any atom is 0.151 e. The first-order valence-electron chi connectivity index (χ1n) is 2.95.